The summed E-state index contributed by atoms with van der Waals surface area (Å²) >= 11 is 0. The highest BCUT2D eigenvalue weighted by atomic mass is 32.2. The molecule has 0 radical (unpaired) electrons. The molecule has 1 aliphatic heterocycles. The lowest BCUT2D eigenvalue weighted by Gasteiger charge is -2.23. The van der Waals surface area contributed by atoms with Crippen LogP contribution in [0.25, 0.3) is 11.3 Å². The Bertz CT molecular complexity index is 1900. The topological polar surface area (TPSA) is 114 Å². The number of sulfonamides is 1. The molecule has 1 atom stereocenters. The third-order valence-corrected chi connectivity index (χ3v) is 10.7. The standard InChI is InChI=1S/C31H27F4N3O5S2/c32-24-12-15-26(16-13-24)45(42,43)38-18-4-7-28(38)29(39)17-14-25-19-27(22-8-10-23(11-9-22)31(33,34)35)37-30(36-25)44(40,41)20-21-5-2-1-3-6-21/h1-3,5-6,8-13,15-16,19,28H,4,7,14,17-18,20H2/t28-/m0/s1. The van der Waals surface area contributed by atoms with Gasteiger partial charge in [0.25, 0.3) is 0 Å². The van der Waals surface area contributed by atoms with Crippen molar-refractivity contribution in [1.82, 2.24) is 14.3 Å². The molecule has 5 rings (SSSR count). The first-order chi connectivity index (χ1) is 21.2. The number of carbonyl (C=O) groups is 1. The fraction of sp³-hybridized carbons (Fsp3) is 0.258. The molecule has 0 N–H and O–H groups in total. The smallest absolute Gasteiger partial charge is 0.298 e. The van der Waals surface area contributed by atoms with Crippen molar-refractivity contribution in [3.8, 4) is 11.3 Å². The molecule has 8 nitrogen and oxygen atoms in total. The van der Waals surface area contributed by atoms with E-state index in [9.17, 15) is 39.2 Å². The quantitative estimate of drug-likeness (QED) is 0.160. The van der Waals surface area contributed by atoms with E-state index in [1.165, 1.54) is 18.2 Å². The molecule has 0 amide bonds. The second-order valence-corrected chi connectivity index (χ2v) is 14.3. The minimum atomic E-state index is -4.57. The van der Waals surface area contributed by atoms with Crippen LogP contribution < -0.4 is 0 Å². The molecule has 4 aromatic rings. The molecular weight excluding hydrogens is 634 g/mol. The summed E-state index contributed by atoms with van der Waals surface area (Å²) in [5.74, 6) is -1.45. The second-order valence-electron chi connectivity index (χ2n) is 10.5. The molecular formula is C31H27F4N3O5S2. The van der Waals surface area contributed by atoms with Gasteiger partial charge in [0.05, 0.1) is 27.9 Å². The van der Waals surface area contributed by atoms with Crippen LogP contribution >= 0.6 is 0 Å². The molecule has 14 heteroatoms. The monoisotopic (exact) mass is 661 g/mol. The number of aryl methyl sites for hydroxylation is 1. The Morgan fingerprint density at radius 1 is 0.889 bits per heavy atom. The van der Waals surface area contributed by atoms with Crippen LogP contribution in [0.5, 0.6) is 0 Å². The van der Waals surface area contributed by atoms with E-state index in [0.717, 1.165) is 40.7 Å². The number of benzene rings is 3. The van der Waals surface area contributed by atoms with E-state index in [0.29, 0.717) is 12.0 Å². The van der Waals surface area contributed by atoms with Crippen molar-refractivity contribution in [2.24, 2.45) is 0 Å². The Kier molecular flexibility index (Phi) is 9.19. The van der Waals surface area contributed by atoms with Gasteiger partial charge >= 0.3 is 6.18 Å². The number of sulfone groups is 1. The first-order valence-electron chi connectivity index (χ1n) is 13.9. The molecule has 1 fully saturated rings. The van der Waals surface area contributed by atoms with Gasteiger partial charge in [0.1, 0.15) is 5.82 Å². The maximum Gasteiger partial charge on any atom is 0.416 e. The molecule has 0 saturated carbocycles. The minimum absolute atomic E-state index is 0.0502. The van der Waals surface area contributed by atoms with Crippen molar-refractivity contribution in [1.29, 1.82) is 0 Å². The third kappa shape index (κ3) is 7.45. The van der Waals surface area contributed by atoms with E-state index in [2.05, 4.69) is 9.97 Å². The number of carbonyl (C=O) groups excluding carboxylic acids is 1. The molecule has 1 saturated heterocycles. The lowest BCUT2D eigenvalue weighted by Crippen LogP contribution is -2.40. The van der Waals surface area contributed by atoms with Gasteiger partial charge in [-0.25, -0.2) is 31.2 Å². The zero-order chi connectivity index (χ0) is 32.4. The van der Waals surface area contributed by atoms with Crippen LogP contribution in [-0.2, 0) is 43.0 Å². The normalized spacial score (nSPS) is 16.1. The molecule has 45 heavy (non-hydrogen) atoms. The van der Waals surface area contributed by atoms with Crippen LogP contribution in [-0.4, -0.2) is 49.5 Å². The van der Waals surface area contributed by atoms with E-state index in [4.69, 9.17) is 0 Å². The first-order valence-corrected chi connectivity index (χ1v) is 17.0. The van der Waals surface area contributed by atoms with Crippen molar-refractivity contribution >= 4 is 25.6 Å². The maximum atomic E-state index is 13.4. The van der Waals surface area contributed by atoms with Crippen molar-refractivity contribution in [2.75, 3.05) is 6.54 Å². The molecule has 1 aromatic heterocycles. The highest BCUT2D eigenvalue weighted by Gasteiger charge is 2.39. The lowest BCUT2D eigenvalue weighted by atomic mass is 10.0. The number of halogens is 4. The van der Waals surface area contributed by atoms with Gasteiger partial charge in [-0.1, -0.05) is 42.5 Å². The molecule has 0 unspecified atom stereocenters. The molecule has 2 heterocycles. The SMILES string of the molecule is O=C(CCc1cc(-c2ccc(C(F)(F)F)cc2)nc(S(=O)(=O)Cc2ccccc2)n1)[C@@H]1CCCN1S(=O)(=O)c1ccc(F)cc1. The van der Waals surface area contributed by atoms with Crippen LogP contribution in [0.15, 0.2) is 95.0 Å². The average molecular weight is 662 g/mol. The van der Waals surface area contributed by atoms with Gasteiger partial charge in [0, 0.05) is 24.2 Å². The van der Waals surface area contributed by atoms with Gasteiger partial charge in [-0.05, 0) is 67.3 Å². The summed E-state index contributed by atoms with van der Waals surface area (Å²) in [6, 6.07) is 17.1. The number of hydrogen-bond donors (Lipinski definition) is 0. The van der Waals surface area contributed by atoms with Crippen LogP contribution in [0.4, 0.5) is 17.6 Å². The summed E-state index contributed by atoms with van der Waals surface area (Å²) < 4.78 is 107. The van der Waals surface area contributed by atoms with Gasteiger partial charge in [0.15, 0.2) is 5.78 Å². The molecule has 1 aliphatic rings. The van der Waals surface area contributed by atoms with Crippen molar-refractivity contribution < 1.29 is 39.2 Å². The third-order valence-electron chi connectivity index (χ3n) is 7.37. The Labute approximate surface area is 257 Å². The predicted molar refractivity (Wildman–Crippen MR) is 156 cm³/mol. The Morgan fingerprint density at radius 2 is 1.56 bits per heavy atom. The molecule has 3 aromatic carbocycles. The van der Waals surface area contributed by atoms with Gasteiger partial charge in [-0.15, -0.1) is 0 Å². The molecule has 236 valence electrons. The average Bonchev–Trinajstić information content (AvgIpc) is 3.51. The van der Waals surface area contributed by atoms with E-state index < -0.39 is 60.2 Å². The Balaban J connectivity index is 1.42. The second kappa shape index (κ2) is 12.8. The van der Waals surface area contributed by atoms with Crippen LogP contribution in [0.1, 0.15) is 36.1 Å². The summed E-state index contributed by atoms with van der Waals surface area (Å²) in [4.78, 5) is 21.6. The summed E-state index contributed by atoms with van der Waals surface area (Å²) in [6.45, 7) is 0.101. The van der Waals surface area contributed by atoms with Crippen molar-refractivity contribution in [3.05, 3.63) is 108 Å². The van der Waals surface area contributed by atoms with Gasteiger partial charge in [0.2, 0.25) is 25.0 Å². The fourth-order valence-electron chi connectivity index (χ4n) is 5.09. The number of hydrogen-bond acceptors (Lipinski definition) is 7. The predicted octanol–water partition coefficient (Wildman–Crippen LogP) is 5.63. The van der Waals surface area contributed by atoms with Gasteiger partial charge in [-0.3, -0.25) is 4.79 Å². The number of ketones is 1. The van der Waals surface area contributed by atoms with Crippen LogP contribution in [0.2, 0.25) is 0 Å². The fourth-order valence-corrected chi connectivity index (χ4v) is 8.02. The zero-order valence-corrected chi connectivity index (χ0v) is 25.2. The summed E-state index contributed by atoms with van der Waals surface area (Å²) in [7, 11) is -8.20. The maximum absolute atomic E-state index is 13.4. The van der Waals surface area contributed by atoms with E-state index in [1.807, 2.05) is 0 Å². The van der Waals surface area contributed by atoms with Gasteiger partial charge in [-0.2, -0.15) is 17.5 Å². The number of alkyl halides is 3. The number of Topliss-reactive ketones (excluding diaryl/α,β-unsaturated/α-hetero) is 1. The van der Waals surface area contributed by atoms with Gasteiger partial charge < -0.3 is 0 Å². The summed E-state index contributed by atoms with van der Waals surface area (Å²) in [5.41, 5.74) is -0.0114. The zero-order valence-electron chi connectivity index (χ0n) is 23.6. The molecule has 0 bridgehead atoms. The molecule has 0 spiro atoms. The van der Waals surface area contributed by atoms with Crippen molar-refractivity contribution in [2.45, 2.75) is 53.7 Å². The lowest BCUT2D eigenvalue weighted by molar-refractivity contribution is -0.137. The first kappa shape index (κ1) is 32.4. The van der Waals surface area contributed by atoms with E-state index >= 15 is 0 Å². The van der Waals surface area contributed by atoms with E-state index in [1.54, 1.807) is 30.3 Å². The highest BCUT2D eigenvalue weighted by molar-refractivity contribution is 7.90. The molecule has 0 aliphatic carbocycles. The Morgan fingerprint density at radius 3 is 2.20 bits per heavy atom. The largest absolute Gasteiger partial charge is 0.416 e. The summed E-state index contributed by atoms with van der Waals surface area (Å²) in [5, 5.41) is -0.549. The van der Waals surface area contributed by atoms with Crippen LogP contribution in [0, 0.1) is 5.82 Å². The van der Waals surface area contributed by atoms with Crippen LogP contribution in [0.3, 0.4) is 0 Å². The summed E-state index contributed by atoms with van der Waals surface area (Å²) in [6.07, 6.45) is -4.13. The van der Waals surface area contributed by atoms with E-state index in [-0.39, 0.29) is 47.7 Å². The number of nitrogens with zero attached hydrogens (tertiary/aromatic N) is 3. The number of aromatic nitrogens is 2. The minimum Gasteiger partial charge on any atom is -0.298 e. The Hall–Kier alpha value is -4.01. The number of rotatable bonds is 10. The van der Waals surface area contributed by atoms with Crippen molar-refractivity contribution in [3.63, 3.8) is 0 Å². The highest BCUT2D eigenvalue weighted by Crippen LogP contribution is 2.32.